The Morgan fingerprint density at radius 1 is 1.50 bits per heavy atom. The second-order valence-corrected chi connectivity index (χ2v) is 3.53. The summed E-state index contributed by atoms with van der Waals surface area (Å²) in [5.41, 5.74) is 2.26. The Bertz CT molecular complexity index is 584. The second-order valence-electron chi connectivity index (χ2n) is 3.53. The summed E-state index contributed by atoms with van der Waals surface area (Å²) in [6.07, 6.45) is 2.52. The fourth-order valence-corrected chi connectivity index (χ4v) is 1.65. The molecule has 0 bridgehead atoms. The molecule has 2 N–H and O–H groups in total. The summed E-state index contributed by atoms with van der Waals surface area (Å²) >= 11 is 0. The summed E-state index contributed by atoms with van der Waals surface area (Å²) in [6.45, 7) is 1.86. The Kier molecular flexibility index (Phi) is 2.48. The van der Waals surface area contributed by atoms with E-state index >= 15 is 0 Å². The molecule has 2 aromatic rings. The van der Waals surface area contributed by atoms with Crippen LogP contribution in [-0.2, 0) is 4.79 Å². The monoisotopic (exact) mass is 219 g/mol. The highest BCUT2D eigenvalue weighted by Gasteiger charge is 2.06. The fraction of sp³-hybridized carbons (Fsp3) is 0.0833. The number of carboxylic acids is 1. The first-order valence-electron chi connectivity index (χ1n) is 4.77. The zero-order valence-electron chi connectivity index (χ0n) is 8.62. The number of hydrogen-bond acceptors (Lipinski definition) is 1. The highest BCUT2D eigenvalue weighted by atomic mass is 19.1. The minimum atomic E-state index is -1.01. The summed E-state index contributed by atoms with van der Waals surface area (Å²) in [5.74, 6) is -1.33. The number of aliphatic carboxylic acids is 1. The van der Waals surface area contributed by atoms with Crippen molar-refractivity contribution >= 4 is 22.9 Å². The van der Waals surface area contributed by atoms with Crippen molar-refractivity contribution in [1.29, 1.82) is 0 Å². The number of fused-ring (bicyclic) bond motifs is 1. The summed E-state index contributed by atoms with van der Waals surface area (Å²) in [7, 11) is 0. The normalized spacial score (nSPS) is 11.4. The van der Waals surface area contributed by atoms with E-state index in [0.29, 0.717) is 11.2 Å². The van der Waals surface area contributed by atoms with E-state index in [9.17, 15) is 9.18 Å². The van der Waals surface area contributed by atoms with Crippen molar-refractivity contribution < 1.29 is 14.3 Å². The standard InChI is InChI=1S/C12H10FNO2/c1-7-9-3-2-8(13)6-11(9)14-10(7)4-5-12(15)16/h2-6,14H,1H3,(H,15,16)/b5-4+. The van der Waals surface area contributed by atoms with Crippen LogP contribution in [0.1, 0.15) is 11.3 Å². The molecule has 0 atom stereocenters. The summed E-state index contributed by atoms with van der Waals surface area (Å²) in [5, 5.41) is 9.42. The zero-order valence-corrected chi connectivity index (χ0v) is 8.62. The second kappa shape index (κ2) is 3.81. The third-order valence-electron chi connectivity index (χ3n) is 2.45. The Hall–Kier alpha value is -2.10. The van der Waals surface area contributed by atoms with Gasteiger partial charge in [0.05, 0.1) is 0 Å². The van der Waals surface area contributed by atoms with Crippen LogP contribution < -0.4 is 0 Å². The van der Waals surface area contributed by atoms with E-state index in [2.05, 4.69) is 4.98 Å². The molecular formula is C12H10FNO2. The average molecular weight is 219 g/mol. The summed E-state index contributed by atoms with van der Waals surface area (Å²) < 4.78 is 13.0. The van der Waals surface area contributed by atoms with Crippen LogP contribution in [0.3, 0.4) is 0 Å². The minimum absolute atomic E-state index is 0.317. The van der Waals surface area contributed by atoms with Crippen molar-refractivity contribution in [3.8, 4) is 0 Å². The lowest BCUT2D eigenvalue weighted by atomic mass is 10.1. The number of H-pyrrole nitrogens is 1. The van der Waals surface area contributed by atoms with E-state index in [1.807, 2.05) is 6.92 Å². The van der Waals surface area contributed by atoms with Crippen molar-refractivity contribution in [3.63, 3.8) is 0 Å². The molecule has 0 aliphatic heterocycles. The number of halogens is 1. The van der Waals surface area contributed by atoms with Crippen molar-refractivity contribution in [2.24, 2.45) is 0 Å². The van der Waals surface area contributed by atoms with Gasteiger partial charge in [0.25, 0.3) is 0 Å². The Morgan fingerprint density at radius 3 is 2.94 bits per heavy atom. The Labute approximate surface area is 91.2 Å². The van der Waals surface area contributed by atoms with E-state index in [-0.39, 0.29) is 5.82 Å². The minimum Gasteiger partial charge on any atom is -0.478 e. The molecule has 3 nitrogen and oxygen atoms in total. The molecule has 0 aliphatic carbocycles. The number of hydrogen-bond donors (Lipinski definition) is 2. The molecule has 4 heteroatoms. The van der Waals surface area contributed by atoms with Crippen molar-refractivity contribution in [2.75, 3.05) is 0 Å². The molecule has 82 valence electrons. The van der Waals surface area contributed by atoms with E-state index in [1.54, 1.807) is 6.07 Å². The summed E-state index contributed by atoms with van der Waals surface area (Å²) in [4.78, 5) is 13.4. The van der Waals surface area contributed by atoms with Crippen LogP contribution in [-0.4, -0.2) is 16.1 Å². The Balaban J connectivity index is 2.55. The number of rotatable bonds is 2. The SMILES string of the molecule is Cc1c(/C=C/C(=O)O)[nH]c2cc(F)ccc12. The summed E-state index contributed by atoms with van der Waals surface area (Å²) in [6, 6.07) is 4.45. The molecule has 0 spiro atoms. The van der Waals surface area contributed by atoms with Crippen molar-refractivity contribution in [2.45, 2.75) is 6.92 Å². The van der Waals surface area contributed by atoms with Crippen LogP contribution in [0, 0.1) is 12.7 Å². The van der Waals surface area contributed by atoms with Gasteiger partial charge in [-0.1, -0.05) is 0 Å². The number of aryl methyl sites for hydroxylation is 1. The van der Waals surface area contributed by atoms with Crippen LogP contribution in [0.4, 0.5) is 4.39 Å². The first-order valence-corrected chi connectivity index (χ1v) is 4.77. The maximum Gasteiger partial charge on any atom is 0.328 e. The van der Waals surface area contributed by atoms with E-state index < -0.39 is 5.97 Å². The van der Waals surface area contributed by atoms with E-state index in [4.69, 9.17) is 5.11 Å². The molecule has 0 unspecified atom stereocenters. The molecule has 0 amide bonds. The number of aromatic nitrogens is 1. The predicted octanol–water partition coefficient (Wildman–Crippen LogP) is 2.71. The molecule has 0 fully saturated rings. The lowest BCUT2D eigenvalue weighted by molar-refractivity contribution is -0.131. The van der Waals surface area contributed by atoms with Crippen molar-refractivity contribution in [3.05, 3.63) is 41.3 Å². The predicted molar refractivity (Wildman–Crippen MR) is 59.7 cm³/mol. The molecule has 16 heavy (non-hydrogen) atoms. The van der Waals surface area contributed by atoms with Crippen LogP contribution in [0.15, 0.2) is 24.3 Å². The molecule has 2 rings (SSSR count). The lowest BCUT2D eigenvalue weighted by Crippen LogP contribution is -1.86. The van der Waals surface area contributed by atoms with Crippen molar-refractivity contribution in [1.82, 2.24) is 4.98 Å². The maximum atomic E-state index is 13.0. The van der Waals surface area contributed by atoms with Gasteiger partial charge in [0.15, 0.2) is 0 Å². The highest BCUT2D eigenvalue weighted by molar-refractivity contribution is 5.90. The van der Waals surface area contributed by atoms with Crippen LogP contribution >= 0.6 is 0 Å². The molecule has 1 heterocycles. The molecular weight excluding hydrogens is 209 g/mol. The molecule has 1 aromatic carbocycles. The molecule has 0 radical (unpaired) electrons. The average Bonchev–Trinajstić information content (AvgIpc) is 2.52. The van der Waals surface area contributed by atoms with E-state index in [1.165, 1.54) is 18.2 Å². The van der Waals surface area contributed by atoms with Gasteiger partial charge >= 0.3 is 5.97 Å². The molecule has 0 saturated heterocycles. The van der Waals surface area contributed by atoms with Gasteiger partial charge in [-0.05, 0) is 36.8 Å². The van der Waals surface area contributed by atoms with Gasteiger partial charge in [-0.3, -0.25) is 0 Å². The first kappa shape index (κ1) is 10.4. The largest absolute Gasteiger partial charge is 0.478 e. The van der Waals surface area contributed by atoms with Gasteiger partial charge in [-0.2, -0.15) is 0 Å². The van der Waals surface area contributed by atoms with Gasteiger partial charge in [0.1, 0.15) is 5.82 Å². The van der Waals surface area contributed by atoms with Gasteiger partial charge in [0, 0.05) is 22.7 Å². The van der Waals surface area contributed by atoms with Gasteiger partial charge in [-0.25, -0.2) is 9.18 Å². The Morgan fingerprint density at radius 2 is 2.25 bits per heavy atom. The molecule has 0 aliphatic rings. The lowest BCUT2D eigenvalue weighted by Gasteiger charge is -1.91. The quantitative estimate of drug-likeness (QED) is 0.763. The van der Waals surface area contributed by atoms with E-state index in [0.717, 1.165) is 17.0 Å². The molecule has 1 aromatic heterocycles. The topological polar surface area (TPSA) is 53.1 Å². The van der Waals surface area contributed by atoms with Crippen LogP contribution in [0.5, 0.6) is 0 Å². The number of nitrogens with one attached hydrogen (secondary N) is 1. The number of benzene rings is 1. The number of aromatic amines is 1. The number of carbonyl (C=O) groups is 1. The first-order chi connectivity index (χ1) is 7.58. The smallest absolute Gasteiger partial charge is 0.328 e. The number of carboxylic acid groups (broad SMARTS) is 1. The van der Waals surface area contributed by atoms with Crippen LogP contribution in [0.25, 0.3) is 17.0 Å². The molecule has 0 saturated carbocycles. The van der Waals surface area contributed by atoms with Gasteiger partial charge in [-0.15, -0.1) is 0 Å². The van der Waals surface area contributed by atoms with Gasteiger partial charge in [0.2, 0.25) is 0 Å². The van der Waals surface area contributed by atoms with Gasteiger partial charge < -0.3 is 10.1 Å². The van der Waals surface area contributed by atoms with Crippen LogP contribution in [0.2, 0.25) is 0 Å². The zero-order chi connectivity index (χ0) is 11.7. The third-order valence-corrected chi connectivity index (χ3v) is 2.45. The highest BCUT2D eigenvalue weighted by Crippen LogP contribution is 2.23. The maximum absolute atomic E-state index is 13.0. The third kappa shape index (κ3) is 1.82. The fourth-order valence-electron chi connectivity index (χ4n) is 1.65.